The van der Waals surface area contributed by atoms with Crippen LogP contribution in [0.2, 0.25) is 0 Å². The van der Waals surface area contributed by atoms with Crippen LogP contribution in [0.5, 0.6) is 0 Å². The van der Waals surface area contributed by atoms with Gasteiger partial charge in [-0.25, -0.2) is 9.59 Å². The summed E-state index contributed by atoms with van der Waals surface area (Å²) < 4.78 is 14.3. The normalized spacial score (nSPS) is 9.33. The zero-order valence-electron chi connectivity index (χ0n) is 11.1. The molecule has 0 unspecified atom stereocenters. The summed E-state index contributed by atoms with van der Waals surface area (Å²) in [5.41, 5.74) is 0.0713. The highest BCUT2D eigenvalue weighted by Crippen LogP contribution is 2.10. The predicted molar refractivity (Wildman–Crippen MR) is 62.6 cm³/mol. The fraction of sp³-hybridized carbons (Fsp3) is 0.583. The van der Waals surface area contributed by atoms with Crippen LogP contribution in [0, 0.1) is 0 Å². The summed E-state index contributed by atoms with van der Waals surface area (Å²) >= 11 is 0. The van der Waals surface area contributed by atoms with Gasteiger partial charge in [0.15, 0.2) is 0 Å². The van der Waals surface area contributed by atoms with Gasteiger partial charge in [0.05, 0.1) is 13.2 Å². The number of hydrogen-bond donors (Lipinski definition) is 0. The molecule has 0 saturated carbocycles. The average molecular weight is 258 g/mol. The van der Waals surface area contributed by atoms with Crippen molar-refractivity contribution in [2.45, 2.75) is 27.7 Å². The molecule has 0 aromatic carbocycles. The SMILES string of the molecule is CCOC(=O)C(C(=O)OCC)=C(C)COC(C)=O. The van der Waals surface area contributed by atoms with Crippen LogP contribution in [-0.2, 0) is 28.6 Å². The van der Waals surface area contributed by atoms with Crippen LogP contribution in [0.15, 0.2) is 11.1 Å². The van der Waals surface area contributed by atoms with Crippen LogP contribution in [0.25, 0.3) is 0 Å². The topological polar surface area (TPSA) is 78.9 Å². The summed E-state index contributed by atoms with van der Waals surface area (Å²) in [6, 6.07) is 0. The van der Waals surface area contributed by atoms with Gasteiger partial charge in [-0.15, -0.1) is 0 Å². The zero-order chi connectivity index (χ0) is 14.1. The molecule has 0 radical (unpaired) electrons. The molecular formula is C12H18O6. The summed E-state index contributed by atoms with van der Waals surface area (Å²) in [6.45, 7) is 6.13. The molecule has 0 spiro atoms. The van der Waals surface area contributed by atoms with E-state index < -0.39 is 17.9 Å². The number of esters is 3. The monoisotopic (exact) mass is 258 g/mol. The molecule has 0 saturated heterocycles. The third-order valence-corrected chi connectivity index (χ3v) is 1.88. The van der Waals surface area contributed by atoms with Crippen LogP contribution in [0.3, 0.4) is 0 Å². The van der Waals surface area contributed by atoms with Crippen molar-refractivity contribution in [2.75, 3.05) is 19.8 Å². The second-order valence-corrected chi connectivity index (χ2v) is 3.38. The maximum absolute atomic E-state index is 11.6. The average Bonchev–Trinajstić information content (AvgIpc) is 2.27. The van der Waals surface area contributed by atoms with E-state index in [1.165, 1.54) is 13.8 Å². The highest BCUT2D eigenvalue weighted by atomic mass is 16.6. The van der Waals surface area contributed by atoms with Crippen molar-refractivity contribution in [2.24, 2.45) is 0 Å². The third-order valence-electron chi connectivity index (χ3n) is 1.88. The Bertz CT molecular complexity index is 336. The van der Waals surface area contributed by atoms with Crippen molar-refractivity contribution in [3.63, 3.8) is 0 Å². The van der Waals surface area contributed by atoms with E-state index in [4.69, 9.17) is 14.2 Å². The lowest BCUT2D eigenvalue weighted by atomic mass is 10.1. The zero-order valence-corrected chi connectivity index (χ0v) is 11.1. The van der Waals surface area contributed by atoms with Gasteiger partial charge in [0.25, 0.3) is 0 Å². The molecule has 0 N–H and O–H groups in total. The Balaban J connectivity index is 5.03. The van der Waals surface area contributed by atoms with E-state index in [0.717, 1.165) is 0 Å². The molecule has 0 amide bonds. The van der Waals surface area contributed by atoms with Crippen molar-refractivity contribution in [3.05, 3.63) is 11.1 Å². The van der Waals surface area contributed by atoms with Crippen LogP contribution < -0.4 is 0 Å². The molecule has 6 nitrogen and oxygen atoms in total. The summed E-state index contributed by atoms with van der Waals surface area (Å²) in [7, 11) is 0. The summed E-state index contributed by atoms with van der Waals surface area (Å²) in [4.78, 5) is 33.9. The van der Waals surface area contributed by atoms with Crippen molar-refractivity contribution >= 4 is 17.9 Å². The molecule has 102 valence electrons. The summed E-state index contributed by atoms with van der Waals surface area (Å²) in [5, 5.41) is 0. The Morgan fingerprint density at radius 2 is 1.28 bits per heavy atom. The van der Waals surface area contributed by atoms with E-state index in [0.29, 0.717) is 5.57 Å². The predicted octanol–water partition coefficient (Wildman–Crippen LogP) is 0.992. The van der Waals surface area contributed by atoms with E-state index in [1.54, 1.807) is 13.8 Å². The van der Waals surface area contributed by atoms with Crippen molar-refractivity contribution < 1.29 is 28.6 Å². The molecule has 0 rings (SSSR count). The van der Waals surface area contributed by atoms with E-state index in [2.05, 4.69) is 0 Å². The number of hydrogen-bond acceptors (Lipinski definition) is 6. The first-order chi connectivity index (χ1) is 8.43. The lowest BCUT2D eigenvalue weighted by Crippen LogP contribution is -2.21. The minimum absolute atomic E-state index is 0.141. The van der Waals surface area contributed by atoms with Gasteiger partial charge in [0.2, 0.25) is 0 Å². The van der Waals surface area contributed by atoms with Crippen molar-refractivity contribution in [1.82, 2.24) is 0 Å². The fourth-order valence-electron chi connectivity index (χ4n) is 1.12. The first-order valence-corrected chi connectivity index (χ1v) is 5.61. The molecule has 6 heteroatoms. The molecule has 18 heavy (non-hydrogen) atoms. The van der Waals surface area contributed by atoms with E-state index in [1.807, 2.05) is 0 Å². The van der Waals surface area contributed by atoms with Gasteiger partial charge in [-0.05, 0) is 26.3 Å². The quantitative estimate of drug-likeness (QED) is 0.232. The molecule has 0 aliphatic heterocycles. The highest BCUT2D eigenvalue weighted by molar-refractivity contribution is 6.14. The molecule has 0 bridgehead atoms. The maximum atomic E-state index is 11.6. The fourth-order valence-corrected chi connectivity index (χ4v) is 1.12. The van der Waals surface area contributed by atoms with Crippen LogP contribution in [0.1, 0.15) is 27.7 Å². The highest BCUT2D eigenvalue weighted by Gasteiger charge is 2.24. The van der Waals surface area contributed by atoms with Gasteiger partial charge >= 0.3 is 17.9 Å². The van der Waals surface area contributed by atoms with Crippen LogP contribution in [0.4, 0.5) is 0 Å². The molecular weight excluding hydrogens is 240 g/mol. The minimum atomic E-state index is -0.777. The molecule has 0 aromatic heterocycles. The van der Waals surface area contributed by atoms with Gasteiger partial charge in [-0.3, -0.25) is 4.79 Å². The number of carbonyl (C=O) groups excluding carboxylic acids is 3. The van der Waals surface area contributed by atoms with Gasteiger partial charge < -0.3 is 14.2 Å². The van der Waals surface area contributed by atoms with Crippen molar-refractivity contribution in [1.29, 1.82) is 0 Å². The van der Waals surface area contributed by atoms with Gasteiger partial charge in [0, 0.05) is 6.92 Å². The third kappa shape index (κ3) is 5.47. The van der Waals surface area contributed by atoms with Crippen LogP contribution >= 0.6 is 0 Å². The molecule has 0 fully saturated rings. The van der Waals surface area contributed by atoms with Gasteiger partial charge in [-0.2, -0.15) is 0 Å². The lowest BCUT2D eigenvalue weighted by Gasteiger charge is -2.10. The Labute approximate surface area is 106 Å². The Kier molecular flexibility index (Phi) is 7.42. The van der Waals surface area contributed by atoms with Crippen molar-refractivity contribution in [3.8, 4) is 0 Å². The lowest BCUT2D eigenvalue weighted by molar-refractivity contribution is -0.147. The smallest absolute Gasteiger partial charge is 0.345 e. The van der Waals surface area contributed by atoms with Gasteiger partial charge in [-0.1, -0.05) is 0 Å². The molecule has 0 atom stereocenters. The largest absolute Gasteiger partial charge is 0.462 e. The van der Waals surface area contributed by atoms with Crippen LogP contribution in [-0.4, -0.2) is 37.7 Å². The molecule has 0 heterocycles. The van der Waals surface area contributed by atoms with E-state index in [9.17, 15) is 14.4 Å². The second kappa shape index (κ2) is 8.27. The van der Waals surface area contributed by atoms with Gasteiger partial charge in [0.1, 0.15) is 12.2 Å². The minimum Gasteiger partial charge on any atom is -0.462 e. The number of rotatable bonds is 6. The first kappa shape index (κ1) is 16.1. The Morgan fingerprint density at radius 3 is 1.61 bits per heavy atom. The standard InChI is InChI=1S/C12H18O6/c1-5-16-11(14)10(12(15)17-6-2)8(3)7-18-9(4)13/h5-7H2,1-4H3. The summed E-state index contributed by atoms with van der Waals surface area (Å²) in [5.74, 6) is -2.05. The summed E-state index contributed by atoms with van der Waals surface area (Å²) in [6.07, 6.45) is 0. The molecule has 0 aliphatic carbocycles. The second-order valence-electron chi connectivity index (χ2n) is 3.38. The molecule has 0 aromatic rings. The van der Waals surface area contributed by atoms with E-state index >= 15 is 0 Å². The molecule has 0 aliphatic rings. The number of ether oxygens (including phenoxy) is 3. The Hall–Kier alpha value is -1.85. The Morgan fingerprint density at radius 1 is 0.833 bits per heavy atom. The number of carbonyl (C=O) groups is 3. The maximum Gasteiger partial charge on any atom is 0.345 e. The van der Waals surface area contributed by atoms with E-state index in [-0.39, 0.29) is 25.4 Å². The first-order valence-electron chi connectivity index (χ1n) is 5.61.